The zero-order valence-electron chi connectivity index (χ0n) is 11.8. The Morgan fingerprint density at radius 2 is 1.77 bits per heavy atom. The fourth-order valence-electron chi connectivity index (χ4n) is 1.88. The van der Waals surface area contributed by atoms with Crippen molar-refractivity contribution < 1.29 is 9.59 Å². The molecule has 0 saturated heterocycles. The average Bonchev–Trinajstić information content (AvgIpc) is 2.43. The van der Waals surface area contributed by atoms with Crippen LogP contribution in [0.25, 0.3) is 0 Å². The van der Waals surface area contributed by atoms with Crippen molar-refractivity contribution in [1.82, 2.24) is 0 Å². The molecule has 0 aliphatic rings. The third-order valence-corrected chi connectivity index (χ3v) is 3.65. The summed E-state index contributed by atoms with van der Waals surface area (Å²) in [5.41, 5.74) is 2.12. The Morgan fingerprint density at radius 3 is 2.36 bits per heavy atom. The molecular formula is C16H14BrClN2O2. The first-order chi connectivity index (χ1) is 10.4. The van der Waals surface area contributed by atoms with Crippen molar-refractivity contribution in [1.29, 1.82) is 0 Å². The second kappa shape index (κ2) is 7.42. The zero-order chi connectivity index (χ0) is 16.1. The number of carbonyl (C=O) groups is 2. The predicted molar refractivity (Wildman–Crippen MR) is 92.2 cm³/mol. The van der Waals surface area contributed by atoms with Gasteiger partial charge >= 0.3 is 0 Å². The molecule has 2 rings (SSSR count). The van der Waals surface area contributed by atoms with Gasteiger partial charge in [0.25, 0.3) is 0 Å². The van der Waals surface area contributed by atoms with E-state index in [1.807, 2.05) is 6.07 Å². The highest BCUT2D eigenvalue weighted by molar-refractivity contribution is 9.10. The molecule has 6 heteroatoms. The van der Waals surface area contributed by atoms with Gasteiger partial charge in [0.05, 0.1) is 17.1 Å². The summed E-state index contributed by atoms with van der Waals surface area (Å²) in [7, 11) is 0. The summed E-state index contributed by atoms with van der Waals surface area (Å²) in [5, 5.41) is 5.92. The smallest absolute Gasteiger partial charge is 0.228 e. The minimum Gasteiger partial charge on any atom is -0.326 e. The van der Waals surface area contributed by atoms with Crippen LogP contribution in [0.1, 0.15) is 12.5 Å². The molecule has 2 N–H and O–H groups in total. The number of rotatable bonds is 4. The van der Waals surface area contributed by atoms with E-state index in [0.717, 1.165) is 10.0 Å². The van der Waals surface area contributed by atoms with E-state index in [-0.39, 0.29) is 18.2 Å². The number of carbonyl (C=O) groups excluding carboxylic acids is 2. The van der Waals surface area contributed by atoms with Gasteiger partial charge in [0.1, 0.15) is 0 Å². The second-order valence-corrected chi connectivity index (χ2v) is 6.05. The number of benzene rings is 2. The highest BCUT2D eigenvalue weighted by atomic mass is 79.9. The Hall–Kier alpha value is -1.85. The lowest BCUT2D eigenvalue weighted by atomic mass is 10.1. The van der Waals surface area contributed by atoms with Crippen molar-refractivity contribution in [2.45, 2.75) is 13.3 Å². The lowest BCUT2D eigenvalue weighted by Crippen LogP contribution is -2.14. The van der Waals surface area contributed by atoms with Crippen LogP contribution in [0, 0.1) is 0 Å². The van der Waals surface area contributed by atoms with Gasteiger partial charge in [0.15, 0.2) is 0 Å². The number of amides is 2. The molecule has 0 unspecified atom stereocenters. The molecule has 2 aromatic rings. The lowest BCUT2D eigenvalue weighted by molar-refractivity contribution is -0.116. The van der Waals surface area contributed by atoms with Gasteiger partial charge in [0, 0.05) is 17.1 Å². The summed E-state index contributed by atoms with van der Waals surface area (Å²) in [5.74, 6) is -0.285. The SMILES string of the molecule is CC(=O)Nc1ccc(CC(=O)Nc2ccc(Br)cc2Cl)cc1. The van der Waals surface area contributed by atoms with E-state index in [0.29, 0.717) is 16.4 Å². The minimum absolute atomic E-state index is 0.129. The highest BCUT2D eigenvalue weighted by Gasteiger charge is 2.07. The van der Waals surface area contributed by atoms with E-state index in [4.69, 9.17) is 11.6 Å². The van der Waals surface area contributed by atoms with E-state index < -0.39 is 0 Å². The Bertz CT molecular complexity index is 702. The van der Waals surface area contributed by atoms with E-state index in [9.17, 15) is 9.59 Å². The van der Waals surface area contributed by atoms with Crippen molar-refractivity contribution in [2.75, 3.05) is 10.6 Å². The van der Waals surface area contributed by atoms with Crippen molar-refractivity contribution in [3.8, 4) is 0 Å². The van der Waals surface area contributed by atoms with Crippen LogP contribution in [0.3, 0.4) is 0 Å². The fraction of sp³-hybridized carbons (Fsp3) is 0.125. The van der Waals surface area contributed by atoms with Crippen LogP contribution in [0.5, 0.6) is 0 Å². The average molecular weight is 382 g/mol. The minimum atomic E-state index is -0.156. The third kappa shape index (κ3) is 4.86. The fourth-order valence-corrected chi connectivity index (χ4v) is 2.60. The summed E-state index contributed by atoms with van der Waals surface area (Å²) in [6.45, 7) is 1.45. The van der Waals surface area contributed by atoms with E-state index in [1.165, 1.54) is 6.92 Å². The van der Waals surface area contributed by atoms with Crippen LogP contribution >= 0.6 is 27.5 Å². The van der Waals surface area contributed by atoms with Gasteiger partial charge in [-0.25, -0.2) is 0 Å². The van der Waals surface area contributed by atoms with Crippen molar-refractivity contribution in [2.24, 2.45) is 0 Å². The molecule has 4 nitrogen and oxygen atoms in total. The van der Waals surface area contributed by atoms with Crippen molar-refractivity contribution in [3.05, 3.63) is 57.5 Å². The maximum atomic E-state index is 12.0. The van der Waals surface area contributed by atoms with Gasteiger partial charge in [-0.15, -0.1) is 0 Å². The molecule has 2 amide bonds. The topological polar surface area (TPSA) is 58.2 Å². The van der Waals surface area contributed by atoms with Crippen molar-refractivity contribution >= 4 is 50.7 Å². The largest absolute Gasteiger partial charge is 0.326 e. The zero-order valence-corrected chi connectivity index (χ0v) is 14.2. The van der Waals surface area contributed by atoms with Gasteiger partial charge in [-0.3, -0.25) is 9.59 Å². The molecule has 0 radical (unpaired) electrons. The summed E-state index contributed by atoms with van der Waals surface area (Å²) in [6, 6.07) is 12.4. The van der Waals surface area contributed by atoms with Crippen LogP contribution in [-0.2, 0) is 16.0 Å². The van der Waals surface area contributed by atoms with Gasteiger partial charge in [-0.05, 0) is 35.9 Å². The normalized spacial score (nSPS) is 10.1. The third-order valence-electron chi connectivity index (χ3n) is 2.84. The molecule has 0 aliphatic carbocycles. The predicted octanol–water partition coefficient (Wildman–Crippen LogP) is 4.24. The lowest BCUT2D eigenvalue weighted by Gasteiger charge is -2.08. The molecule has 22 heavy (non-hydrogen) atoms. The summed E-state index contributed by atoms with van der Waals surface area (Å²) >= 11 is 9.37. The first-order valence-corrected chi connectivity index (χ1v) is 7.72. The maximum Gasteiger partial charge on any atom is 0.228 e. The Labute approximate surface area is 142 Å². The Kier molecular flexibility index (Phi) is 5.57. The molecule has 0 heterocycles. The molecule has 0 spiro atoms. The molecule has 2 aromatic carbocycles. The number of nitrogens with one attached hydrogen (secondary N) is 2. The molecule has 0 bridgehead atoms. The molecule has 0 aliphatic heterocycles. The summed E-state index contributed by atoms with van der Waals surface area (Å²) in [4.78, 5) is 23.0. The monoisotopic (exact) mass is 380 g/mol. The molecule has 114 valence electrons. The van der Waals surface area contributed by atoms with Crippen LogP contribution in [0.2, 0.25) is 5.02 Å². The molecule has 0 saturated carbocycles. The van der Waals surface area contributed by atoms with E-state index in [2.05, 4.69) is 26.6 Å². The highest BCUT2D eigenvalue weighted by Crippen LogP contribution is 2.25. The second-order valence-electron chi connectivity index (χ2n) is 4.73. The molecule has 0 atom stereocenters. The molecule has 0 fully saturated rings. The molecular weight excluding hydrogens is 368 g/mol. The van der Waals surface area contributed by atoms with Crippen LogP contribution in [0.4, 0.5) is 11.4 Å². The maximum absolute atomic E-state index is 12.0. The van der Waals surface area contributed by atoms with Gasteiger partial charge < -0.3 is 10.6 Å². The first kappa shape index (κ1) is 16.5. The summed E-state index contributed by atoms with van der Waals surface area (Å²) < 4.78 is 0.851. The Morgan fingerprint density at radius 1 is 1.09 bits per heavy atom. The number of hydrogen-bond donors (Lipinski definition) is 2. The van der Waals surface area contributed by atoms with E-state index in [1.54, 1.807) is 36.4 Å². The van der Waals surface area contributed by atoms with Gasteiger partial charge in [-0.1, -0.05) is 39.7 Å². The number of hydrogen-bond acceptors (Lipinski definition) is 2. The number of halogens is 2. The van der Waals surface area contributed by atoms with Crippen molar-refractivity contribution in [3.63, 3.8) is 0 Å². The molecule has 0 aromatic heterocycles. The van der Waals surface area contributed by atoms with Gasteiger partial charge in [0.2, 0.25) is 11.8 Å². The van der Waals surface area contributed by atoms with Gasteiger partial charge in [-0.2, -0.15) is 0 Å². The van der Waals surface area contributed by atoms with Crippen LogP contribution in [0.15, 0.2) is 46.9 Å². The standard InChI is InChI=1S/C16H14BrClN2O2/c1-10(21)19-13-5-2-11(3-6-13)8-16(22)20-15-7-4-12(17)9-14(15)18/h2-7,9H,8H2,1H3,(H,19,21)(H,20,22). The Balaban J connectivity index is 1.98. The summed E-state index contributed by atoms with van der Waals surface area (Å²) in [6.07, 6.45) is 0.229. The quantitative estimate of drug-likeness (QED) is 0.832. The first-order valence-electron chi connectivity index (χ1n) is 6.55. The number of anilines is 2. The van der Waals surface area contributed by atoms with Crippen LogP contribution < -0.4 is 10.6 Å². The van der Waals surface area contributed by atoms with Crippen LogP contribution in [-0.4, -0.2) is 11.8 Å². The van der Waals surface area contributed by atoms with E-state index >= 15 is 0 Å².